The van der Waals surface area contributed by atoms with Crippen molar-refractivity contribution in [3.63, 3.8) is 0 Å². The number of nitrogens with zero attached hydrogens (tertiary/aromatic N) is 1. The Balaban J connectivity index is 1.06. The summed E-state index contributed by atoms with van der Waals surface area (Å²) in [7, 11) is 0. The van der Waals surface area contributed by atoms with Crippen LogP contribution in [0.15, 0.2) is 140 Å². The van der Waals surface area contributed by atoms with Crippen LogP contribution >= 0.6 is 0 Å². The Hall–Kier alpha value is -4.88. The second-order valence-corrected chi connectivity index (χ2v) is 19.6. The Morgan fingerprint density at radius 1 is 0.473 bits per heavy atom. The van der Waals surface area contributed by atoms with Gasteiger partial charge in [0.1, 0.15) is 0 Å². The molecule has 0 N–H and O–H groups in total. The summed E-state index contributed by atoms with van der Waals surface area (Å²) >= 11 is 0. The van der Waals surface area contributed by atoms with E-state index in [9.17, 15) is 0 Å². The lowest BCUT2D eigenvalue weighted by atomic mass is 9.26. The summed E-state index contributed by atoms with van der Waals surface area (Å²) in [5.41, 5.74) is 19.3. The van der Waals surface area contributed by atoms with Crippen molar-refractivity contribution < 1.29 is 0 Å². The normalized spacial score (nSPS) is 29.1. The van der Waals surface area contributed by atoms with Crippen molar-refractivity contribution in [1.82, 2.24) is 0 Å². The average Bonchev–Trinajstić information content (AvgIpc) is 3.85. The average molecular weight is 714 g/mol. The molecule has 6 aromatic rings. The zero-order valence-electron chi connectivity index (χ0n) is 32.8. The summed E-state index contributed by atoms with van der Waals surface area (Å²) < 4.78 is 0. The van der Waals surface area contributed by atoms with E-state index in [0.717, 1.165) is 23.7 Å². The minimum Gasteiger partial charge on any atom is -0.310 e. The van der Waals surface area contributed by atoms with Crippen LogP contribution in [-0.4, -0.2) is 0 Å². The first-order valence-electron chi connectivity index (χ1n) is 21.1. The zero-order valence-corrected chi connectivity index (χ0v) is 32.8. The molecular weight excluding hydrogens is 663 g/mol. The fourth-order valence-corrected chi connectivity index (χ4v) is 14.0. The minimum absolute atomic E-state index is 0.127. The molecule has 4 fully saturated rings. The lowest BCUT2D eigenvalue weighted by Crippen LogP contribution is -2.73. The first-order chi connectivity index (χ1) is 26.7. The van der Waals surface area contributed by atoms with E-state index in [1.54, 1.807) is 11.1 Å². The summed E-state index contributed by atoms with van der Waals surface area (Å²) in [6, 6.07) is 53.7. The van der Waals surface area contributed by atoms with Gasteiger partial charge < -0.3 is 4.90 Å². The van der Waals surface area contributed by atoms with E-state index in [2.05, 4.69) is 172 Å². The van der Waals surface area contributed by atoms with Crippen LogP contribution in [0.3, 0.4) is 0 Å². The first kappa shape index (κ1) is 32.4. The third kappa shape index (κ3) is 4.10. The predicted octanol–water partition coefficient (Wildman–Crippen LogP) is 14.2. The molecule has 6 aliphatic carbocycles. The van der Waals surface area contributed by atoms with Crippen LogP contribution in [0.1, 0.15) is 88.5 Å². The van der Waals surface area contributed by atoms with Crippen LogP contribution in [0.5, 0.6) is 0 Å². The number of rotatable bonds is 5. The predicted molar refractivity (Wildman–Crippen MR) is 228 cm³/mol. The van der Waals surface area contributed by atoms with Gasteiger partial charge in [0.2, 0.25) is 0 Å². The third-order valence-electron chi connectivity index (χ3n) is 16.4. The molecule has 0 radical (unpaired) electrons. The second kappa shape index (κ2) is 10.9. The summed E-state index contributed by atoms with van der Waals surface area (Å²) in [5, 5.41) is 0. The molecule has 2 bridgehead atoms. The molecule has 0 aliphatic heterocycles. The molecule has 55 heavy (non-hydrogen) atoms. The van der Waals surface area contributed by atoms with Crippen molar-refractivity contribution in [2.45, 2.75) is 82.5 Å². The Labute approximate surface area is 327 Å². The second-order valence-electron chi connectivity index (χ2n) is 19.6. The van der Waals surface area contributed by atoms with Gasteiger partial charge in [-0.25, -0.2) is 0 Å². The van der Waals surface area contributed by atoms with Crippen molar-refractivity contribution in [2.24, 2.45) is 29.1 Å². The number of fused-ring (bicyclic) bond motifs is 9. The highest BCUT2D eigenvalue weighted by atomic mass is 15.1. The van der Waals surface area contributed by atoms with Crippen LogP contribution in [0, 0.1) is 29.1 Å². The maximum absolute atomic E-state index is 2.60. The van der Waals surface area contributed by atoms with Gasteiger partial charge in [-0.15, -0.1) is 0 Å². The molecule has 4 saturated carbocycles. The molecule has 6 unspecified atom stereocenters. The van der Waals surface area contributed by atoms with Gasteiger partial charge >= 0.3 is 0 Å². The highest BCUT2D eigenvalue weighted by molar-refractivity contribution is 5.93. The van der Waals surface area contributed by atoms with Crippen LogP contribution in [0.4, 0.5) is 17.1 Å². The smallest absolute Gasteiger partial charge is 0.0468 e. The number of hydrogen-bond acceptors (Lipinski definition) is 1. The van der Waals surface area contributed by atoms with Gasteiger partial charge in [-0.2, -0.15) is 0 Å². The molecule has 0 amide bonds. The third-order valence-corrected chi connectivity index (χ3v) is 16.4. The first-order valence-corrected chi connectivity index (χ1v) is 21.1. The molecule has 0 aromatic heterocycles. The Kier molecular flexibility index (Phi) is 6.42. The molecule has 6 aromatic carbocycles. The topological polar surface area (TPSA) is 3.24 Å². The quantitative estimate of drug-likeness (QED) is 0.172. The van der Waals surface area contributed by atoms with Crippen molar-refractivity contribution in [1.29, 1.82) is 0 Å². The van der Waals surface area contributed by atoms with E-state index >= 15 is 0 Å². The van der Waals surface area contributed by atoms with Crippen LogP contribution in [-0.2, 0) is 16.2 Å². The molecule has 6 aliphatic rings. The number of anilines is 3. The highest BCUT2D eigenvalue weighted by Gasteiger charge is 2.84. The van der Waals surface area contributed by atoms with Crippen molar-refractivity contribution in [2.75, 3.05) is 4.90 Å². The largest absolute Gasteiger partial charge is 0.310 e. The van der Waals surface area contributed by atoms with Gasteiger partial charge in [-0.05, 0) is 170 Å². The minimum atomic E-state index is 0.127. The summed E-state index contributed by atoms with van der Waals surface area (Å²) in [6.07, 6.45) is 8.24. The van der Waals surface area contributed by atoms with E-state index in [0.29, 0.717) is 5.41 Å². The van der Waals surface area contributed by atoms with Crippen molar-refractivity contribution in [3.8, 4) is 33.4 Å². The summed E-state index contributed by atoms with van der Waals surface area (Å²) in [6.45, 7) is 9.77. The molecule has 1 nitrogen and oxygen atoms in total. The van der Waals surface area contributed by atoms with Crippen LogP contribution < -0.4 is 4.90 Å². The van der Waals surface area contributed by atoms with Crippen LogP contribution in [0.2, 0.25) is 0 Å². The molecule has 6 atom stereocenters. The molecule has 0 saturated heterocycles. The molecule has 1 heteroatoms. The summed E-state index contributed by atoms with van der Waals surface area (Å²) in [4.78, 5) is 2.55. The van der Waals surface area contributed by atoms with Crippen molar-refractivity contribution in [3.05, 3.63) is 162 Å². The van der Waals surface area contributed by atoms with E-state index in [-0.39, 0.29) is 16.2 Å². The highest BCUT2D eigenvalue weighted by Crippen LogP contribution is 2.90. The zero-order chi connectivity index (χ0) is 36.9. The molecule has 0 heterocycles. The van der Waals surface area contributed by atoms with Gasteiger partial charge in [0.25, 0.3) is 0 Å². The molecule has 272 valence electrons. The molecular formula is C54H51N. The lowest BCUT2D eigenvalue weighted by Gasteiger charge is -2.76. The lowest BCUT2D eigenvalue weighted by molar-refractivity contribution is -0.231. The van der Waals surface area contributed by atoms with E-state index in [4.69, 9.17) is 0 Å². The maximum Gasteiger partial charge on any atom is 0.0468 e. The van der Waals surface area contributed by atoms with Gasteiger partial charge in [-0.3, -0.25) is 0 Å². The molecule has 12 rings (SSSR count). The van der Waals surface area contributed by atoms with Crippen molar-refractivity contribution >= 4 is 17.1 Å². The van der Waals surface area contributed by atoms with Gasteiger partial charge in [-0.1, -0.05) is 131 Å². The van der Waals surface area contributed by atoms with Gasteiger partial charge in [0, 0.05) is 22.5 Å². The SMILES string of the molecule is CC1(C)CCC(C)(C)c2cc(N(c3ccc(-c4ccccc4)cc3)c3ccc4c(c3)-c3cccc(-c5ccccc5)c3C43C4CC5CC6CC3C64C5)ccc21. The monoisotopic (exact) mass is 713 g/mol. The summed E-state index contributed by atoms with van der Waals surface area (Å²) in [5.74, 6) is 3.44. The fraction of sp³-hybridized carbons (Fsp3) is 0.333. The standard InChI is InChI=1S/C54H51N/c1-51(2)26-27-52(3,4)47-32-41(23-25-46(47)51)55(39-20-18-36(19-21-39)35-12-7-5-8-13-35)40-22-24-45-44(31-40)43-17-11-16-42(37-14-9-6-10-15-37)50(43)54(45)48-29-34-28-38-30-49(54)53(38,48)33-34/h5-25,31-32,34,38,48-49H,26-30,33H2,1-4H3. The number of benzene rings is 6. The van der Waals surface area contributed by atoms with Gasteiger partial charge in [0.15, 0.2) is 0 Å². The Morgan fingerprint density at radius 2 is 1.07 bits per heavy atom. The van der Waals surface area contributed by atoms with E-state index in [1.165, 1.54) is 100 Å². The number of hydrogen-bond donors (Lipinski definition) is 0. The van der Waals surface area contributed by atoms with Crippen LogP contribution in [0.25, 0.3) is 33.4 Å². The molecule has 2 spiro atoms. The van der Waals surface area contributed by atoms with E-state index < -0.39 is 0 Å². The van der Waals surface area contributed by atoms with Gasteiger partial charge in [0.05, 0.1) is 0 Å². The fourth-order valence-electron chi connectivity index (χ4n) is 14.0. The van der Waals surface area contributed by atoms with E-state index in [1.807, 2.05) is 0 Å². The maximum atomic E-state index is 2.60. The Morgan fingerprint density at radius 3 is 1.80 bits per heavy atom. The Bertz CT molecular complexity index is 2530.